The number of H-pyrrole nitrogens is 1. The van der Waals surface area contributed by atoms with Gasteiger partial charge in [0.2, 0.25) is 5.91 Å². The number of hydrogen-bond acceptors (Lipinski definition) is 8. The van der Waals surface area contributed by atoms with Gasteiger partial charge in [-0.05, 0) is 94.8 Å². The number of amidine groups is 1. The summed E-state index contributed by atoms with van der Waals surface area (Å²) in [5.41, 5.74) is 3.69. The number of aromatic nitrogens is 2. The van der Waals surface area contributed by atoms with E-state index in [1.54, 1.807) is 24.1 Å². The first-order valence-corrected chi connectivity index (χ1v) is 17.9. The minimum Gasteiger partial charge on any atom is -0.369 e. The molecule has 1 aliphatic rings. The average Bonchev–Trinajstić information content (AvgIpc) is 3.37. The lowest BCUT2D eigenvalue weighted by Gasteiger charge is -2.30. The standard InChI is InChI=1S/C40H50N8O3.C2H6/c1-9-15-32(16-14-17-37-42-24-12-13-25-43-37)30(4)22-26-48(11-3)38(49)29-47(7)27-23-40(6,51-8)39(50)44-33-19-21-36-34(28-33)35(45-46-36)20-18-31(5)41-10-2;1-2/h1,10,12-16,18-22,24,28H,2,11,17,23,25-27,29H2,3-8H3,(H,44,50)(H,45,46);1-2H3/b16-14-,20-18+,30-22+,32-15+,41-31?;/t40-;/m1./s1. The lowest BCUT2D eigenvalue weighted by Crippen LogP contribution is -2.45. The summed E-state index contributed by atoms with van der Waals surface area (Å²) in [4.78, 5) is 43.4. The number of carbonyl (C=O) groups excluding carboxylic acids is 2. The maximum absolute atomic E-state index is 13.5. The maximum Gasteiger partial charge on any atom is 0.256 e. The third-order valence-corrected chi connectivity index (χ3v) is 8.40. The number of benzene rings is 1. The van der Waals surface area contributed by atoms with Crippen molar-refractivity contribution in [2.45, 2.75) is 60.0 Å². The van der Waals surface area contributed by atoms with Crippen LogP contribution in [0.1, 0.15) is 60.1 Å². The lowest BCUT2D eigenvalue weighted by molar-refractivity contribution is -0.137. The molecule has 3 rings (SSSR count). The first-order valence-electron chi connectivity index (χ1n) is 17.9. The van der Waals surface area contributed by atoms with Gasteiger partial charge in [-0.1, -0.05) is 50.7 Å². The quantitative estimate of drug-likeness (QED) is 0.0956. The Kier molecular flexibility index (Phi) is 19.1. The number of rotatable bonds is 18. The molecule has 0 saturated heterocycles. The third-order valence-electron chi connectivity index (χ3n) is 8.40. The van der Waals surface area contributed by atoms with Crippen LogP contribution in [0.5, 0.6) is 0 Å². The van der Waals surface area contributed by atoms with Crippen molar-refractivity contribution in [2.24, 2.45) is 15.0 Å². The van der Waals surface area contributed by atoms with Gasteiger partial charge in [-0.2, -0.15) is 5.10 Å². The molecule has 1 aromatic heterocycles. The Hall–Kier alpha value is -5.44. The van der Waals surface area contributed by atoms with Gasteiger partial charge in [-0.15, -0.1) is 6.42 Å². The Morgan fingerprint density at radius 3 is 2.72 bits per heavy atom. The Morgan fingerprint density at radius 1 is 1.25 bits per heavy atom. The fraction of sp³-hybridized carbons (Fsp3) is 0.381. The molecule has 11 nitrogen and oxygen atoms in total. The van der Waals surface area contributed by atoms with E-state index in [-0.39, 0.29) is 18.4 Å². The van der Waals surface area contributed by atoms with Gasteiger partial charge in [0.1, 0.15) is 11.4 Å². The van der Waals surface area contributed by atoms with Gasteiger partial charge in [0.25, 0.3) is 5.91 Å². The highest BCUT2D eigenvalue weighted by molar-refractivity contribution is 6.01. The van der Waals surface area contributed by atoms with Gasteiger partial charge in [-0.3, -0.25) is 29.6 Å². The Morgan fingerprint density at radius 2 is 2.02 bits per heavy atom. The first kappa shape index (κ1) is 43.7. The van der Waals surface area contributed by atoms with Crippen LogP contribution in [-0.4, -0.2) is 102 Å². The number of aromatic amines is 1. The summed E-state index contributed by atoms with van der Waals surface area (Å²) >= 11 is 0. The number of ether oxygens (including phenoxy) is 1. The van der Waals surface area contributed by atoms with Crippen LogP contribution >= 0.6 is 0 Å². The van der Waals surface area contributed by atoms with E-state index in [0.717, 1.165) is 39.3 Å². The van der Waals surface area contributed by atoms with Crippen LogP contribution in [0.3, 0.4) is 0 Å². The van der Waals surface area contributed by atoms with E-state index in [9.17, 15) is 9.59 Å². The molecule has 1 aromatic carbocycles. The van der Waals surface area contributed by atoms with Crippen molar-refractivity contribution in [3.8, 4) is 12.3 Å². The number of fused-ring (bicyclic) bond motifs is 1. The summed E-state index contributed by atoms with van der Waals surface area (Å²) in [5, 5.41) is 11.2. The van der Waals surface area contributed by atoms with E-state index in [2.05, 4.69) is 43.0 Å². The molecule has 2 heterocycles. The molecule has 2 N–H and O–H groups in total. The average molecular weight is 721 g/mol. The summed E-state index contributed by atoms with van der Waals surface area (Å²) in [7, 11) is 3.38. The van der Waals surface area contributed by atoms with Crippen molar-refractivity contribution < 1.29 is 14.3 Å². The number of aliphatic imine (C=N–C) groups is 3. The van der Waals surface area contributed by atoms with Crippen LogP contribution < -0.4 is 5.32 Å². The zero-order chi connectivity index (χ0) is 39.2. The van der Waals surface area contributed by atoms with E-state index < -0.39 is 5.60 Å². The second kappa shape index (κ2) is 23.2. The predicted octanol–water partition coefficient (Wildman–Crippen LogP) is 7.21. The fourth-order valence-electron chi connectivity index (χ4n) is 5.03. The van der Waals surface area contributed by atoms with Crippen LogP contribution in [0.4, 0.5) is 5.69 Å². The zero-order valence-electron chi connectivity index (χ0n) is 32.6. The topological polar surface area (TPSA) is 128 Å². The van der Waals surface area contributed by atoms with Crippen LogP contribution in [0.2, 0.25) is 0 Å². The number of allylic oxidation sites excluding steroid dienone is 6. The molecule has 0 saturated carbocycles. The van der Waals surface area contributed by atoms with Crippen LogP contribution in [0.25, 0.3) is 17.0 Å². The molecule has 0 unspecified atom stereocenters. The number of hydrogen-bond donors (Lipinski definition) is 2. The second-order valence-electron chi connectivity index (χ2n) is 12.2. The van der Waals surface area contributed by atoms with Gasteiger partial charge < -0.3 is 15.0 Å². The number of amides is 2. The molecule has 53 heavy (non-hydrogen) atoms. The summed E-state index contributed by atoms with van der Waals surface area (Å²) in [6.45, 7) is 17.4. The molecule has 0 spiro atoms. The zero-order valence-corrected chi connectivity index (χ0v) is 32.6. The summed E-state index contributed by atoms with van der Waals surface area (Å²) in [5.74, 6) is 3.06. The van der Waals surface area contributed by atoms with Crippen LogP contribution in [0, 0.1) is 12.3 Å². The van der Waals surface area contributed by atoms with Crippen molar-refractivity contribution in [3.63, 3.8) is 0 Å². The van der Waals surface area contributed by atoms with E-state index in [1.807, 2.05) is 107 Å². The molecular formula is C42H56N8O3. The molecular weight excluding hydrogens is 665 g/mol. The summed E-state index contributed by atoms with van der Waals surface area (Å²) in [6, 6.07) is 5.55. The summed E-state index contributed by atoms with van der Waals surface area (Å²) in [6.07, 6.45) is 25.0. The highest BCUT2D eigenvalue weighted by Gasteiger charge is 2.33. The molecule has 0 aliphatic carbocycles. The van der Waals surface area contributed by atoms with Crippen molar-refractivity contribution in [2.75, 3.05) is 52.2 Å². The first-order chi connectivity index (χ1) is 25.5. The van der Waals surface area contributed by atoms with Crippen molar-refractivity contribution in [1.29, 1.82) is 0 Å². The number of nitrogens with zero attached hydrogens (tertiary/aromatic N) is 6. The number of methoxy groups -OCH3 is 1. The van der Waals surface area contributed by atoms with Gasteiger partial charge >= 0.3 is 0 Å². The van der Waals surface area contributed by atoms with Gasteiger partial charge in [0, 0.05) is 62.4 Å². The summed E-state index contributed by atoms with van der Waals surface area (Å²) < 4.78 is 5.72. The highest BCUT2D eigenvalue weighted by Crippen LogP contribution is 2.24. The lowest BCUT2D eigenvalue weighted by atomic mass is 10.00. The highest BCUT2D eigenvalue weighted by atomic mass is 16.5. The Labute approximate surface area is 315 Å². The fourth-order valence-corrected chi connectivity index (χ4v) is 5.03. The Balaban J connectivity index is 0.00000477. The molecule has 11 heteroatoms. The SMILES string of the molecule is C#C/C=C(\C=C/CC1=NCC=CC=N1)C(/C)=C/CN(CC)C(=O)CN(C)CC[C@@](C)(OC)C(=O)Nc1ccc2[nH]nc(/C=C/C(C)=NC=C)c2c1.CC. The number of nitrogens with one attached hydrogen (secondary N) is 2. The number of likely N-dealkylation sites (N-methyl/N-ethyl adjacent to an activating group) is 2. The number of carbonyl (C=O) groups is 2. The smallest absolute Gasteiger partial charge is 0.256 e. The molecule has 1 atom stereocenters. The molecule has 2 amide bonds. The molecule has 2 aromatic rings. The Bertz CT molecular complexity index is 1830. The van der Waals surface area contributed by atoms with Crippen molar-refractivity contribution in [1.82, 2.24) is 20.0 Å². The van der Waals surface area contributed by atoms with Gasteiger partial charge in [-0.25, -0.2) is 4.99 Å². The minimum absolute atomic E-state index is 0.0206. The molecule has 1 aliphatic heterocycles. The largest absolute Gasteiger partial charge is 0.369 e. The van der Waals surface area contributed by atoms with Crippen LogP contribution in [-0.2, 0) is 14.3 Å². The van der Waals surface area contributed by atoms with Crippen molar-refractivity contribution in [3.05, 3.63) is 90.4 Å². The number of anilines is 1. The normalized spacial score (nSPS) is 14.8. The minimum atomic E-state index is -1.13. The van der Waals surface area contributed by atoms with Gasteiger partial charge in [0.05, 0.1) is 24.3 Å². The van der Waals surface area contributed by atoms with Crippen LogP contribution in [0.15, 0.2) is 99.6 Å². The molecule has 282 valence electrons. The van der Waals surface area contributed by atoms with E-state index in [4.69, 9.17) is 11.2 Å². The second-order valence-corrected chi connectivity index (χ2v) is 12.2. The van der Waals surface area contributed by atoms with Gasteiger partial charge in [0.15, 0.2) is 0 Å². The molecule has 0 radical (unpaired) electrons. The van der Waals surface area contributed by atoms with Crippen molar-refractivity contribution >= 4 is 52.2 Å². The third kappa shape index (κ3) is 14.2. The predicted molar refractivity (Wildman–Crippen MR) is 223 cm³/mol. The monoisotopic (exact) mass is 720 g/mol. The van der Waals surface area contributed by atoms with E-state index in [1.165, 1.54) is 13.3 Å². The van der Waals surface area contributed by atoms with E-state index >= 15 is 0 Å². The molecule has 0 bridgehead atoms. The maximum atomic E-state index is 13.5. The van der Waals surface area contributed by atoms with E-state index in [0.29, 0.717) is 44.7 Å². The number of terminal acetylenes is 1. The molecule has 0 fully saturated rings.